The molecule has 0 radical (unpaired) electrons. The third-order valence-electron chi connectivity index (χ3n) is 5.99. The van der Waals surface area contributed by atoms with Crippen molar-refractivity contribution in [3.05, 3.63) is 30.0 Å². The van der Waals surface area contributed by atoms with E-state index in [0.29, 0.717) is 19.0 Å². The lowest BCUT2D eigenvalue weighted by Crippen LogP contribution is -2.55. The van der Waals surface area contributed by atoms with Gasteiger partial charge in [-0.1, -0.05) is 0 Å². The molecule has 1 atom stereocenters. The second-order valence-electron chi connectivity index (χ2n) is 8.81. The molecule has 0 spiro atoms. The molecule has 0 aromatic carbocycles. The lowest BCUT2D eigenvalue weighted by molar-refractivity contribution is -0.141. The number of hydrogen-bond acceptors (Lipinski definition) is 7. The quantitative estimate of drug-likeness (QED) is 0.475. The Labute approximate surface area is 202 Å². The fourth-order valence-electron chi connectivity index (χ4n) is 3.77. The Balaban J connectivity index is 0.000000197. The minimum Gasteiger partial charge on any atom is -0.478 e. The number of imidazole rings is 1. The van der Waals surface area contributed by atoms with E-state index in [4.69, 9.17) is 16.1 Å². The van der Waals surface area contributed by atoms with Crippen LogP contribution in [0.15, 0.2) is 18.6 Å². The summed E-state index contributed by atoms with van der Waals surface area (Å²) in [7, 11) is 0. The Kier molecular flexibility index (Phi) is 6.68. The van der Waals surface area contributed by atoms with Crippen LogP contribution in [0.25, 0.3) is 22.6 Å². The molecule has 4 heterocycles. The van der Waals surface area contributed by atoms with Crippen LogP contribution in [0.4, 0.5) is 13.2 Å². The number of carboxylic acids is 1. The van der Waals surface area contributed by atoms with Crippen LogP contribution in [-0.4, -0.2) is 71.7 Å². The number of aromatic amines is 1. The number of aromatic nitrogens is 5. The average molecular weight is 504 g/mol. The van der Waals surface area contributed by atoms with E-state index in [-0.39, 0.29) is 51.8 Å². The van der Waals surface area contributed by atoms with Gasteiger partial charge in [0.1, 0.15) is 34.8 Å². The molecule has 1 saturated heterocycles. The summed E-state index contributed by atoms with van der Waals surface area (Å²) in [6.07, 6.45) is 1.60. The third kappa shape index (κ3) is 5.46. The number of carbonyl (C=O) groups excluding carboxylic acids is 1. The Bertz CT molecular complexity index is 1330. The van der Waals surface area contributed by atoms with Crippen LogP contribution in [-0.2, 0) is 11.3 Å². The minimum absolute atomic E-state index is 0.0361. The summed E-state index contributed by atoms with van der Waals surface area (Å²) < 4.78 is 38.4. The highest BCUT2D eigenvalue weighted by atomic mass is 19.4. The molecule has 190 valence electrons. The van der Waals surface area contributed by atoms with Gasteiger partial charge in [0.25, 0.3) is 0 Å². The number of nitrogens with two attached hydrogens (primary N) is 1. The Morgan fingerprint density at radius 3 is 2.58 bits per heavy atom. The molecule has 14 heteroatoms. The number of aromatic carboxylic acids is 1. The third-order valence-corrected chi connectivity index (χ3v) is 5.99. The first kappa shape index (κ1) is 25.1. The number of amides is 1. The fourth-order valence-corrected chi connectivity index (χ4v) is 3.77. The van der Waals surface area contributed by atoms with Gasteiger partial charge in [-0.15, -0.1) is 0 Å². The van der Waals surface area contributed by atoms with E-state index in [0.717, 1.165) is 17.4 Å². The number of likely N-dealkylation sites (tertiary alicyclic amines) is 1. The molecule has 36 heavy (non-hydrogen) atoms. The van der Waals surface area contributed by atoms with Gasteiger partial charge in [-0.2, -0.15) is 18.4 Å². The average Bonchev–Trinajstić information content (AvgIpc) is 3.44. The molecule has 1 saturated carbocycles. The highest BCUT2D eigenvalue weighted by molar-refractivity contribution is 6.00. The molecule has 0 unspecified atom stereocenters. The smallest absolute Gasteiger partial charge is 0.406 e. The summed E-state index contributed by atoms with van der Waals surface area (Å²) in [4.78, 5) is 39.2. The van der Waals surface area contributed by atoms with Crippen LogP contribution in [0.1, 0.15) is 29.0 Å². The predicted octanol–water partition coefficient (Wildman–Crippen LogP) is 2.10. The number of hydrogen-bond donors (Lipinski definition) is 3. The first-order chi connectivity index (χ1) is 17.0. The van der Waals surface area contributed by atoms with Gasteiger partial charge in [-0.3, -0.25) is 4.79 Å². The van der Waals surface area contributed by atoms with Gasteiger partial charge in [-0.05, 0) is 25.7 Å². The van der Waals surface area contributed by atoms with Crippen molar-refractivity contribution in [3.8, 4) is 17.5 Å². The van der Waals surface area contributed by atoms with E-state index in [1.807, 2.05) is 0 Å². The molecule has 1 aliphatic heterocycles. The lowest BCUT2D eigenvalue weighted by Gasteiger charge is -2.36. The maximum Gasteiger partial charge on any atom is 0.406 e. The Morgan fingerprint density at radius 1 is 1.31 bits per heavy atom. The van der Waals surface area contributed by atoms with Crippen molar-refractivity contribution in [2.24, 2.45) is 17.6 Å². The number of rotatable bonds is 5. The van der Waals surface area contributed by atoms with Gasteiger partial charge in [0, 0.05) is 25.5 Å². The van der Waals surface area contributed by atoms with Gasteiger partial charge in [0.2, 0.25) is 5.91 Å². The Hall–Kier alpha value is -3.99. The number of H-pyrrole nitrogens is 1. The molecule has 1 aliphatic carbocycles. The van der Waals surface area contributed by atoms with Gasteiger partial charge >= 0.3 is 12.1 Å². The second-order valence-corrected chi connectivity index (χ2v) is 8.81. The van der Waals surface area contributed by atoms with E-state index < -0.39 is 18.7 Å². The molecule has 1 amide bonds. The number of fused-ring (bicyclic) bond motifs is 1. The van der Waals surface area contributed by atoms with Gasteiger partial charge in [0.15, 0.2) is 5.65 Å². The number of halogens is 3. The molecule has 2 fully saturated rings. The Morgan fingerprint density at radius 2 is 2.00 bits per heavy atom. The fraction of sp³-hybridized carbons (Fsp3) is 0.455. The summed E-state index contributed by atoms with van der Waals surface area (Å²) in [5.41, 5.74) is 6.47. The van der Waals surface area contributed by atoms with E-state index in [9.17, 15) is 22.8 Å². The minimum atomic E-state index is -4.37. The zero-order chi connectivity index (χ0) is 26.2. The normalized spacial score (nSPS) is 16.6. The van der Waals surface area contributed by atoms with Crippen LogP contribution in [0, 0.1) is 30.1 Å². The van der Waals surface area contributed by atoms with Crippen molar-refractivity contribution in [1.82, 2.24) is 29.4 Å². The van der Waals surface area contributed by atoms with E-state index in [1.54, 1.807) is 4.90 Å². The number of nitrogens with one attached hydrogen (secondary N) is 1. The summed E-state index contributed by atoms with van der Waals surface area (Å²) in [5.74, 6) is -0.522. The molecular weight excluding hydrogens is 481 g/mol. The molecular formula is C22H23F3N8O3. The zero-order valence-electron chi connectivity index (χ0n) is 19.2. The number of carboxylic acid groups (broad SMARTS) is 1. The molecule has 5 rings (SSSR count). The standard InChI is InChI=1S/C13H10F3N5O2.C9H13N3O/c1-6-19-9(4-21(6)5-13(14,15)16)8-3-18-11-10(20-8)7(2-17-11)12(22)23;10-3-6-4-12(5-6)9(13)8(11)7-1-2-7/h2-4H,5H2,1H3,(H,17,18)(H,22,23);6-8H,1-2,4-5,11H2/t;8-/m.1/s1. The van der Waals surface area contributed by atoms with Crippen molar-refractivity contribution in [3.63, 3.8) is 0 Å². The largest absolute Gasteiger partial charge is 0.478 e. The van der Waals surface area contributed by atoms with Crippen molar-refractivity contribution in [2.75, 3.05) is 13.1 Å². The van der Waals surface area contributed by atoms with Crippen molar-refractivity contribution < 1.29 is 27.9 Å². The number of aryl methyl sites for hydroxylation is 1. The number of nitriles is 1. The predicted molar refractivity (Wildman–Crippen MR) is 119 cm³/mol. The number of alkyl halides is 3. The first-order valence-corrected chi connectivity index (χ1v) is 11.1. The van der Waals surface area contributed by atoms with Crippen molar-refractivity contribution >= 4 is 23.0 Å². The number of nitrogens with zero attached hydrogens (tertiary/aromatic N) is 6. The van der Waals surface area contributed by atoms with Crippen LogP contribution in [0.2, 0.25) is 0 Å². The topological polar surface area (TPSA) is 167 Å². The number of carbonyl (C=O) groups is 2. The summed E-state index contributed by atoms with van der Waals surface area (Å²) >= 11 is 0. The van der Waals surface area contributed by atoms with Crippen LogP contribution >= 0.6 is 0 Å². The molecule has 0 bridgehead atoms. The lowest BCUT2D eigenvalue weighted by atomic mass is 10.00. The summed E-state index contributed by atoms with van der Waals surface area (Å²) in [6.45, 7) is 1.44. The van der Waals surface area contributed by atoms with Crippen molar-refractivity contribution in [2.45, 2.75) is 38.5 Å². The van der Waals surface area contributed by atoms with E-state index in [1.165, 1.54) is 25.5 Å². The molecule has 3 aromatic heterocycles. The van der Waals surface area contributed by atoms with Gasteiger partial charge in [-0.25, -0.2) is 19.7 Å². The summed E-state index contributed by atoms with van der Waals surface area (Å²) in [6, 6.07) is 1.83. The second kappa shape index (κ2) is 9.57. The molecule has 2 aliphatic rings. The van der Waals surface area contributed by atoms with Crippen LogP contribution in [0.3, 0.4) is 0 Å². The maximum atomic E-state index is 12.5. The van der Waals surface area contributed by atoms with Crippen LogP contribution in [0.5, 0.6) is 0 Å². The monoisotopic (exact) mass is 504 g/mol. The highest BCUT2D eigenvalue weighted by Crippen LogP contribution is 2.33. The maximum absolute atomic E-state index is 12.5. The van der Waals surface area contributed by atoms with Gasteiger partial charge in [0.05, 0.1) is 24.2 Å². The highest BCUT2D eigenvalue weighted by Gasteiger charge is 2.39. The summed E-state index contributed by atoms with van der Waals surface area (Å²) in [5, 5.41) is 17.6. The van der Waals surface area contributed by atoms with E-state index in [2.05, 4.69) is 26.0 Å². The van der Waals surface area contributed by atoms with Crippen molar-refractivity contribution in [1.29, 1.82) is 5.26 Å². The van der Waals surface area contributed by atoms with E-state index >= 15 is 0 Å². The molecule has 3 aromatic rings. The molecule has 11 nitrogen and oxygen atoms in total. The molecule has 4 N–H and O–H groups in total. The zero-order valence-corrected chi connectivity index (χ0v) is 19.2. The SMILES string of the molecule is Cc1nc(-c2cnc3[nH]cc(C(=O)O)c3n2)cn1CC(F)(F)F.N#CC1CN(C(=O)[C@H](N)C2CC2)C1. The first-order valence-electron chi connectivity index (χ1n) is 11.1. The van der Waals surface area contributed by atoms with Crippen LogP contribution < -0.4 is 5.73 Å². The van der Waals surface area contributed by atoms with Gasteiger partial charge < -0.3 is 25.3 Å².